The normalized spacial score (nSPS) is 14.6. The van der Waals surface area contributed by atoms with Crippen molar-refractivity contribution >= 4 is 34.2 Å². The van der Waals surface area contributed by atoms with Gasteiger partial charge in [0, 0.05) is 12.3 Å². The molecule has 0 amide bonds. The molecule has 4 heteroatoms. The van der Waals surface area contributed by atoms with E-state index in [4.69, 9.17) is 16.6 Å². The molecule has 0 radical (unpaired) electrons. The van der Waals surface area contributed by atoms with E-state index in [2.05, 4.69) is 51.8 Å². The van der Waals surface area contributed by atoms with Crippen molar-refractivity contribution < 1.29 is 0 Å². The van der Waals surface area contributed by atoms with E-state index >= 15 is 0 Å². The van der Waals surface area contributed by atoms with Gasteiger partial charge < -0.3 is 0 Å². The molecular weight excluding hydrogens is 371 g/mol. The van der Waals surface area contributed by atoms with E-state index in [1.54, 1.807) is 0 Å². The molecule has 3 rings (SSSR count). The van der Waals surface area contributed by atoms with Gasteiger partial charge in [-0.25, -0.2) is 9.97 Å². The number of benzene rings is 1. The molecule has 0 aliphatic heterocycles. The summed E-state index contributed by atoms with van der Waals surface area (Å²) in [7, 11) is 0. The highest BCUT2D eigenvalue weighted by molar-refractivity contribution is 14.1. The molecule has 98 valence electrons. The van der Waals surface area contributed by atoms with Crippen molar-refractivity contribution in [2.45, 2.75) is 31.6 Å². The van der Waals surface area contributed by atoms with Crippen molar-refractivity contribution in [3.05, 3.63) is 56.1 Å². The molecule has 2 aromatic rings. The predicted molar refractivity (Wildman–Crippen MR) is 85.6 cm³/mol. The molecule has 19 heavy (non-hydrogen) atoms. The van der Waals surface area contributed by atoms with Gasteiger partial charge in [0.05, 0.1) is 9.26 Å². The van der Waals surface area contributed by atoms with Crippen LogP contribution in [0.1, 0.15) is 35.8 Å². The maximum absolute atomic E-state index is 6.21. The summed E-state index contributed by atoms with van der Waals surface area (Å²) in [5, 5.41) is 0.612. The van der Waals surface area contributed by atoms with Gasteiger partial charge in [0.25, 0.3) is 0 Å². The monoisotopic (exact) mass is 384 g/mol. The summed E-state index contributed by atoms with van der Waals surface area (Å²) >= 11 is 8.47. The SMILES string of the molecule is Clc1nc(CCc2ccccc2)nc(C2CC2)c1I. The van der Waals surface area contributed by atoms with Crippen LogP contribution in [0.4, 0.5) is 0 Å². The summed E-state index contributed by atoms with van der Waals surface area (Å²) in [4.78, 5) is 9.11. The van der Waals surface area contributed by atoms with Gasteiger partial charge in [0.2, 0.25) is 0 Å². The Morgan fingerprint density at radius 1 is 1.11 bits per heavy atom. The van der Waals surface area contributed by atoms with Crippen molar-refractivity contribution in [2.24, 2.45) is 0 Å². The summed E-state index contributed by atoms with van der Waals surface area (Å²) in [6.45, 7) is 0. The van der Waals surface area contributed by atoms with Gasteiger partial charge in [0.15, 0.2) is 0 Å². The molecular formula is C15H14ClIN2. The first-order chi connectivity index (χ1) is 9.24. The quantitative estimate of drug-likeness (QED) is 0.577. The number of halogens is 2. The molecule has 1 heterocycles. The Bertz CT molecular complexity index is 582. The second kappa shape index (κ2) is 5.75. The fourth-order valence-corrected chi connectivity index (χ4v) is 3.00. The van der Waals surface area contributed by atoms with Crippen LogP contribution in [0, 0.1) is 3.57 Å². The first-order valence-corrected chi connectivity index (χ1v) is 7.95. The zero-order chi connectivity index (χ0) is 13.2. The minimum absolute atomic E-state index is 0.612. The Kier molecular flexibility index (Phi) is 4.03. The van der Waals surface area contributed by atoms with Crippen LogP contribution in [0.2, 0.25) is 5.15 Å². The Balaban J connectivity index is 1.77. The molecule has 1 aromatic heterocycles. The van der Waals surface area contributed by atoms with E-state index in [0.29, 0.717) is 11.1 Å². The van der Waals surface area contributed by atoms with Gasteiger partial charge in [-0.15, -0.1) is 0 Å². The van der Waals surface area contributed by atoms with Crippen LogP contribution in [-0.2, 0) is 12.8 Å². The third-order valence-corrected chi connectivity index (χ3v) is 4.98. The zero-order valence-corrected chi connectivity index (χ0v) is 13.4. The van der Waals surface area contributed by atoms with Gasteiger partial charge in [-0.3, -0.25) is 0 Å². The third kappa shape index (κ3) is 3.26. The fourth-order valence-electron chi connectivity index (χ4n) is 2.12. The number of nitrogens with zero attached hydrogens (tertiary/aromatic N) is 2. The summed E-state index contributed by atoms with van der Waals surface area (Å²) in [5.41, 5.74) is 2.47. The molecule has 0 N–H and O–H groups in total. The van der Waals surface area contributed by atoms with Crippen LogP contribution in [-0.4, -0.2) is 9.97 Å². The minimum Gasteiger partial charge on any atom is -0.236 e. The maximum Gasteiger partial charge on any atom is 0.146 e. The van der Waals surface area contributed by atoms with Crippen molar-refractivity contribution in [1.29, 1.82) is 0 Å². The van der Waals surface area contributed by atoms with Crippen molar-refractivity contribution in [1.82, 2.24) is 9.97 Å². The van der Waals surface area contributed by atoms with E-state index in [9.17, 15) is 0 Å². The molecule has 0 spiro atoms. The highest BCUT2D eigenvalue weighted by Crippen LogP contribution is 2.42. The van der Waals surface area contributed by atoms with Crippen LogP contribution in [0.3, 0.4) is 0 Å². The lowest BCUT2D eigenvalue weighted by Crippen LogP contribution is -2.04. The Morgan fingerprint density at radius 3 is 2.53 bits per heavy atom. The number of hydrogen-bond donors (Lipinski definition) is 0. The molecule has 0 bridgehead atoms. The van der Waals surface area contributed by atoms with E-state index in [-0.39, 0.29) is 0 Å². The number of rotatable bonds is 4. The zero-order valence-electron chi connectivity index (χ0n) is 10.4. The molecule has 1 aliphatic rings. The lowest BCUT2D eigenvalue weighted by molar-refractivity contribution is 0.823. The topological polar surface area (TPSA) is 25.8 Å². The third-order valence-electron chi connectivity index (χ3n) is 3.33. The average molecular weight is 385 g/mol. The Labute approximate surface area is 131 Å². The van der Waals surface area contributed by atoms with Crippen LogP contribution in [0.25, 0.3) is 0 Å². The molecule has 0 atom stereocenters. The average Bonchev–Trinajstić information content (AvgIpc) is 3.25. The number of aromatic nitrogens is 2. The standard InChI is InChI=1S/C15H14ClIN2/c16-15-13(17)14(11-7-8-11)18-12(19-15)9-6-10-4-2-1-3-5-10/h1-5,11H,6-9H2. The highest BCUT2D eigenvalue weighted by atomic mass is 127. The fraction of sp³-hybridized carbons (Fsp3) is 0.333. The molecule has 0 unspecified atom stereocenters. The van der Waals surface area contributed by atoms with Crippen molar-refractivity contribution in [2.75, 3.05) is 0 Å². The second-order valence-electron chi connectivity index (χ2n) is 4.89. The van der Waals surface area contributed by atoms with Gasteiger partial charge in [0.1, 0.15) is 11.0 Å². The van der Waals surface area contributed by atoms with Crippen molar-refractivity contribution in [3.63, 3.8) is 0 Å². The van der Waals surface area contributed by atoms with Crippen LogP contribution >= 0.6 is 34.2 Å². The molecule has 1 saturated carbocycles. The maximum atomic E-state index is 6.21. The smallest absolute Gasteiger partial charge is 0.146 e. The first kappa shape index (κ1) is 13.3. The van der Waals surface area contributed by atoms with Gasteiger partial charge >= 0.3 is 0 Å². The van der Waals surface area contributed by atoms with Gasteiger partial charge in [-0.2, -0.15) is 0 Å². The van der Waals surface area contributed by atoms with Crippen LogP contribution < -0.4 is 0 Å². The first-order valence-electron chi connectivity index (χ1n) is 6.50. The van der Waals surface area contributed by atoms with Crippen LogP contribution in [0.15, 0.2) is 30.3 Å². The molecule has 1 aliphatic carbocycles. The summed E-state index contributed by atoms with van der Waals surface area (Å²) < 4.78 is 1.03. The van der Waals surface area contributed by atoms with E-state index < -0.39 is 0 Å². The van der Waals surface area contributed by atoms with Crippen LogP contribution in [0.5, 0.6) is 0 Å². The summed E-state index contributed by atoms with van der Waals surface area (Å²) in [6.07, 6.45) is 4.28. The summed E-state index contributed by atoms with van der Waals surface area (Å²) in [5.74, 6) is 1.49. The van der Waals surface area contributed by atoms with E-state index in [1.165, 1.54) is 18.4 Å². The van der Waals surface area contributed by atoms with Gasteiger partial charge in [-0.1, -0.05) is 41.9 Å². The Hall–Kier alpha value is -0.680. The van der Waals surface area contributed by atoms with E-state index in [0.717, 1.165) is 27.9 Å². The molecule has 0 saturated heterocycles. The Morgan fingerprint density at radius 2 is 1.84 bits per heavy atom. The van der Waals surface area contributed by atoms with Gasteiger partial charge in [-0.05, 0) is 47.4 Å². The van der Waals surface area contributed by atoms with Crippen molar-refractivity contribution in [3.8, 4) is 0 Å². The highest BCUT2D eigenvalue weighted by Gasteiger charge is 2.29. The number of aryl methyl sites for hydroxylation is 2. The number of hydrogen-bond acceptors (Lipinski definition) is 2. The molecule has 1 fully saturated rings. The largest absolute Gasteiger partial charge is 0.236 e. The predicted octanol–water partition coefficient (Wildman–Crippen LogP) is 4.40. The second-order valence-corrected chi connectivity index (χ2v) is 6.33. The minimum atomic E-state index is 0.612. The molecule has 2 nitrogen and oxygen atoms in total. The lowest BCUT2D eigenvalue weighted by atomic mass is 10.1. The summed E-state index contributed by atoms with van der Waals surface area (Å²) in [6, 6.07) is 10.4. The lowest BCUT2D eigenvalue weighted by Gasteiger charge is -2.07. The van der Waals surface area contributed by atoms with E-state index in [1.807, 2.05) is 6.07 Å². The molecule has 1 aromatic carbocycles.